The van der Waals surface area contributed by atoms with Gasteiger partial charge in [0.15, 0.2) is 0 Å². The van der Waals surface area contributed by atoms with Gasteiger partial charge in [0.2, 0.25) is 0 Å². The maximum Gasteiger partial charge on any atom is 0.131 e. The van der Waals surface area contributed by atoms with Gasteiger partial charge < -0.3 is 9.73 Å². The van der Waals surface area contributed by atoms with Gasteiger partial charge >= 0.3 is 0 Å². The summed E-state index contributed by atoms with van der Waals surface area (Å²) in [5, 5.41) is 5.11. The second-order valence-corrected chi connectivity index (χ2v) is 5.13. The van der Waals surface area contributed by atoms with Crippen LogP contribution >= 0.6 is 0 Å². The first-order valence-electron chi connectivity index (χ1n) is 7.24. The van der Waals surface area contributed by atoms with Crippen LogP contribution in [0.5, 0.6) is 0 Å². The van der Waals surface area contributed by atoms with E-state index in [0.29, 0.717) is 5.39 Å². The van der Waals surface area contributed by atoms with Crippen LogP contribution in [0.4, 0.5) is 4.39 Å². The van der Waals surface area contributed by atoms with E-state index in [1.165, 1.54) is 0 Å². The number of hydrogen-bond donors (Lipinski definition) is 1. The van der Waals surface area contributed by atoms with Gasteiger partial charge in [0.1, 0.15) is 5.82 Å². The molecule has 21 heavy (non-hydrogen) atoms. The quantitative estimate of drug-likeness (QED) is 0.736. The molecule has 0 aliphatic carbocycles. The number of nitrogens with one attached hydrogen (secondary N) is 1. The fourth-order valence-corrected chi connectivity index (χ4v) is 2.67. The molecular weight excluding hydrogens is 265 g/mol. The monoisotopic (exact) mass is 283 g/mol. The summed E-state index contributed by atoms with van der Waals surface area (Å²) in [6.45, 7) is 3.02. The number of halogens is 1. The van der Waals surface area contributed by atoms with Crippen molar-refractivity contribution in [2.45, 2.75) is 19.4 Å². The van der Waals surface area contributed by atoms with Gasteiger partial charge in [0.05, 0.1) is 18.6 Å². The molecule has 0 aliphatic heterocycles. The largest absolute Gasteiger partial charge is 0.472 e. The lowest BCUT2D eigenvalue weighted by Gasteiger charge is -2.20. The van der Waals surface area contributed by atoms with Crippen LogP contribution in [0, 0.1) is 5.82 Å². The molecule has 0 fully saturated rings. The van der Waals surface area contributed by atoms with Crippen molar-refractivity contribution >= 4 is 10.8 Å². The zero-order chi connectivity index (χ0) is 14.7. The van der Waals surface area contributed by atoms with Crippen molar-refractivity contribution in [2.24, 2.45) is 0 Å². The van der Waals surface area contributed by atoms with Crippen LogP contribution in [0.25, 0.3) is 10.8 Å². The lowest BCUT2D eigenvalue weighted by Crippen LogP contribution is -2.23. The summed E-state index contributed by atoms with van der Waals surface area (Å²) in [6.07, 6.45) is 4.45. The third kappa shape index (κ3) is 2.69. The molecule has 2 nitrogen and oxygen atoms in total. The molecule has 0 amide bonds. The van der Waals surface area contributed by atoms with Gasteiger partial charge in [0, 0.05) is 10.9 Å². The molecule has 2 aromatic carbocycles. The van der Waals surface area contributed by atoms with Crippen LogP contribution in [-0.2, 0) is 0 Å². The summed E-state index contributed by atoms with van der Waals surface area (Å²) in [5.74, 6) is -0.184. The summed E-state index contributed by atoms with van der Waals surface area (Å²) in [7, 11) is 0. The maximum absolute atomic E-state index is 14.0. The van der Waals surface area contributed by atoms with E-state index in [-0.39, 0.29) is 11.9 Å². The molecule has 0 spiro atoms. The normalized spacial score (nSPS) is 12.7. The number of rotatable bonds is 5. The lowest BCUT2D eigenvalue weighted by atomic mass is 9.95. The van der Waals surface area contributed by atoms with Crippen molar-refractivity contribution in [3.8, 4) is 0 Å². The van der Waals surface area contributed by atoms with Gasteiger partial charge in [-0.3, -0.25) is 0 Å². The second kappa shape index (κ2) is 6.10. The Morgan fingerprint density at radius 1 is 1.10 bits per heavy atom. The highest BCUT2D eigenvalue weighted by atomic mass is 19.1. The molecule has 108 valence electrons. The molecule has 1 atom stereocenters. The molecule has 1 unspecified atom stereocenters. The highest BCUT2D eigenvalue weighted by molar-refractivity contribution is 5.87. The maximum atomic E-state index is 14.0. The first kappa shape index (κ1) is 13.8. The third-order valence-corrected chi connectivity index (χ3v) is 3.69. The fraction of sp³-hybridized carbons (Fsp3) is 0.222. The number of fused-ring (bicyclic) bond motifs is 1. The third-order valence-electron chi connectivity index (χ3n) is 3.69. The minimum atomic E-state index is -0.184. The minimum Gasteiger partial charge on any atom is -0.472 e. The molecule has 0 saturated carbocycles. The van der Waals surface area contributed by atoms with Crippen molar-refractivity contribution in [3.63, 3.8) is 0 Å². The molecule has 1 aromatic heterocycles. The Balaban J connectivity index is 2.13. The van der Waals surface area contributed by atoms with E-state index >= 15 is 0 Å². The highest BCUT2D eigenvalue weighted by Gasteiger charge is 2.18. The summed E-state index contributed by atoms with van der Waals surface area (Å²) in [6, 6.07) is 12.9. The smallest absolute Gasteiger partial charge is 0.131 e. The van der Waals surface area contributed by atoms with E-state index in [2.05, 4.69) is 12.2 Å². The van der Waals surface area contributed by atoms with Gasteiger partial charge in [-0.2, -0.15) is 0 Å². The Hall–Kier alpha value is -2.13. The first-order chi connectivity index (χ1) is 10.3. The zero-order valence-electron chi connectivity index (χ0n) is 12.0. The number of hydrogen-bond acceptors (Lipinski definition) is 2. The van der Waals surface area contributed by atoms with Gasteiger partial charge in [-0.05, 0) is 36.0 Å². The van der Waals surface area contributed by atoms with Crippen molar-refractivity contribution < 1.29 is 8.81 Å². The molecule has 0 saturated heterocycles. The Bertz CT molecular complexity index is 721. The van der Waals surface area contributed by atoms with E-state index < -0.39 is 0 Å². The number of benzene rings is 2. The summed E-state index contributed by atoms with van der Waals surface area (Å²) in [4.78, 5) is 0. The van der Waals surface area contributed by atoms with Gasteiger partial charge in [-0.15, -0.1) is 0 Å². The second-order valence-electron chi connectivity index (χ2n) is 5.13. The number of furan rings is 1. The first-order valence-corrected chi connectivity index (χ1v) is 7.24. The molecule has 3 aromatic rings. The SMILES string of the molecule is CCCNC(c1ccoc1)c1ccc(F)c2ccccc12. The van der Waals surface area contributed by atoms with Crippen molar-refractivity contribution in [2.75, 3.05) is 6.54 Å². The molecular formula is C18H18FNO. The van der Waals surface area contributed by atoms with E-state index in [9.17, 15) is 4.39 Å². The molecule has 1 heterocycles. The van der Waals surface area contributed by atoms with Crippen LogP contribution in [0.2, 0.25) is 0 Å². The van der Waals surface area contributed by atoms with Crippen molar-refractivity contribution in [3.05, 3.63) is 71.9 Å². The lowest BCUT2D eigenvalue weighted by molar-refractivity contribution is 0.549. The van der Waals surface area contributed by atoms with Crippen LogP contribution in [-0.4, -0.2) is 6.54 Å². The zero-order valence-corrected chi connectivity index (χ0v) is 12.0. The Morgan fingerprint density at radius 2 is 1.90 bits per heavy atom. The Morgan fingerprint density at radius 3 is 2.62 bits per heavy atom. The van der Waals surface area contributed by atoms with E-state index in [0.717, 1.165) is 29.5 Å². The predicted octanol–water partition coefficient (Wildman–Crippen LogP) is 4.66. The van der Waals surface area contributed by atoms with Gasteiger partial charge in [-0.1, -0.05) is 37.3 Å². The van der Waals surface area contributed by atoms with E-state index in [1.54, 1.807) is 18.6 Å². The molecule has 3 heteroatoms. The van der Waals surface area contributed by atoms with Crippen molar-refractivity contribution in [1.82, 2.24) is 5.32 Å². The Kier molecular flexibility index (Phi) is 4.02. The summed E-state index contributed by atoms with van der Waals surface area (Å²) in [5.41, 5.74) is 2.13. The van der Waals surface area contributed by atoms with E-state index in [4.69, 9.17) is 4.42 Å². The standard InChI is InChI=1S/C18H18FNO/c1-2-10-20-18(13-9-11-21-12-13)16-7-8-17(19)15-6-4-3-5-14(15)16/h3-9,11-12,18,20H,2,10H2,1H3. The molecule has 0 bridgehead atoms. The van der Waals surface area contributed by atoms with Gasteiger partial charge in [-0.25, -0.2) is 4.39 Å². The minimum absolute atomic E-state index is 0.00852. The molecule has 0 aliphatic rings. The average Bonchev–Trinajstić information content (AvgIpc) is 3.04. The van der Waals surface area contributed by atoms with Crippen molar-refractivity contribution in [1.29, 1.82) is 0 Å². The highest BCUT2D eigenvalue weighted by Crippen LogP contribution is 2.30. The van der Waals surface area contributed by atoms with Gasteiger partial charge in [0.25, 0.3) is 0 Å². The van der Waals surface area contributed by atoms with Crippen LogP contribution < -0.4 is 5.32 Å². The molecule has 0 radical (unpaired) electrons. The van der Waals surface area contributed by atoms with Crippen LogP contribution in [0.1, 0.15) is 30.5 Å². The van der Waals surface area contributed by atoms with Crippen LogP contribution in [0.3, 0.4) is 0 Å². The fourth-order valence-electron chi connectivity index (χ4n) is 2.67. The summed E-state index contributed by atoms with van der Waals surface area (Å²) >= 11 is 0. The molecule has 1 N–H and O–H groups in total. The Labute approximate surface area is 123 Å². The molecule has 3 rings (SSSR count). The van der Waals surface area contributed by atoms with E-state index in [1.807, 2.05) is 36.4 Å². The topological polar surface area (TPSA) is 25.2 Å². The van der Waals surface area contributed by atoms with Crippen LogP contribution in [0.15, 0.2) is 59.4 Å². The average molecular weight is 283 g/mol. The summed E-state index contributed by atoms with van der Waals surface area (Å²) < 4.78 is 19.2. The predicted molar refractivity (Wildman–Crippen MR) is 82.8 cm³/mol.